The van der Waals surface area contributed by atoms with Crippen LogP contribution < -0.4 is 15.8 Å². The molecular weight excluding hydrogens is 414 g/mol. The second kappa shape index (κ2) is 8.55. The molecule has 1 atom stereocenters. The lowest BCUT2D eigenvalue weighted by Gasteiger charge is -2.37. The van der Waals surface area contributed by atoms with E-state index < -0.39 is 30.1 Å². The van der Waals surface area contributed by atoms with Gasteiger partial charge in [0.1, 0.15) is 17.2 Å². The van der Waals surface area contributed by atoms with Gasteiger partial charge in [-0.2, -0.15) is 0 Å². The summed E-state index contributed by atoms with van der Waals surface area (Å²) < 4.78 is 10.9. The lowest BCUT2D eigenvalue weighted by Crippen LogP contribution is -2.53. The minimum absolute atomic E-state index is 0.165. The molecule has 4 heterocycles. The number of aryl methyl sites for hydroxylation is 2. The van der Waals surface area contributed by atoms with Crippen molar-refractivity contribution in [1.29, 1.82) is 0 Å². The summed E-state index contributed by atoms with van der Waals surface area (Å²) in [6.45, 7) is 3.08. The standard InChI is InChI=1S/C23H27N3O6/c27-13-18(22(29)26-7-9-31-10-8-26)24-21(28)17-12-15-11-14-3-1-5-25-6-2-4-16(19(14)25)20(15)32-23(17)30/h11-12,18,27H,1-10,13H2,(H,24,28)/t18-/m0/s1. The van der Waals surface area contributed by atoms with E-state index in [4.69, 9.17) is 9.15 Å². The average Bonchev–Trinajstić information content (AvgIpc) is 2.83. The fourth-order valence-electron chi connectivity index (χ4n) is 5.03. The number of anilines is 1. The summed E-state index contributed by atoms with van der Waals surface area (Å²) in [6, 6.07) is 2.43. The number of carbonyl (C=O) groups is 2. The molecule has 0 saturated carbocycles. The SMILES string of the molecule is O=C(N[C@@H](CO)C(=O)N1CCOCC1)c1cc2cc3c4c(c2oc1=O)CCCN4CCC3. The molecular formula is C23H27N3O6. The first-order valence-electron chi connectivity index (χ1n) is 11.2. The van der Waals surface area contributed by atoms with Gasteiger partial charge in [-0.05, 0) is 43.4 Å². The molecule has 2 N–H and O–H groups in total. The number of ether oxygens (including phenoxy) is 1. The Hall–Kier alpha value is -2.91. The molecule has 1 fully saturated rings. The molecule has 1 aromatic heterocycles. The number of nitrogens with one attached hydrogen (secondary N) is 1. The van der Waals surface area contributed by atoms with E-state index in [9.17, 15) is 19.5 Å². The Morgan fingerprint density at radius 1 is 1.09 bits per heavy atom. The number of fused-ring (bicyclic) bond motifs is 2. The van der Waals surface area contributed by atoms with Crippen LogP contribution in [-0.4, -0.2) is 73.9 Å². The molecule has 32 heavy (non-hydrogen) atoms. The van der Waals surface area contributed by atoms with Gasteiger partial charge in [-0.15, -0.1) is 0 Å². The number of aliphatic hydroxyl groups excluding tert-OH is 1. The molecule has 2 amide bonds. The van der Waals surface area contributed by atoms with Crippen LogP contribution in [0.2, 0.25) is 0 Å². The maximum atomic E-state index is 12.9. The molecule has 170 valence electrons. The van der Waals surface area contributed by atoms with Crippen molar-refractivity contribution in [2.45, 2.75) is 31.7 Å². The van der Waals surface area contributed by atoms with Crippen LogP contribution in [0.15, 0.2) is 21.3 Å². The van der Waals surface area contributed by atoms with Gasteiger partial charge in [0.2, 0.25) is 5.91 Å². The first-order valence-corrected chi connectivity index (χ1v) is 11.2. The van der Waals surface area contributed by atoms with Crippen LogP contribution in [0.5, 0.6) is 0 Å². The molecule has 9 nitrogen and oxygen atoms in total. The maximum Gasteiger partial charge on any atom is 0.349 e. The summed E-state index contributed by atoms with van der Waals surface area (Å²) in [7, 11) is 0. The molecule has 0 unspecified atom stereocenters. The molecule has 3 aliphatic heterocycles. The van der Waals surface area contributed by atoms with Crippen molar-refractivity contribution >= 4 is 28.5 Å². The van der Waals surface area contributed by atoms with Crippen LogP contribution in [0.25, 0.3) is 11.0 Å². The number of amides is 2. The van der Waals surface area contributed by atoms with Crippen molar-refractivity contribution in [3.8, 4) is 0 Å². The van der Waals surface area contributed by atoms with E-state index >= 15 is 0 Å². The third kappa shape index (κ3) is 3.65. The molecule has 1 saturated heterocycles. The number of benzene rings is 1. The smallest absolute Gasteiger partial charge is 0.349 e. The van der Waals surface area contributed by atoms with Crippen molar-refractivity contribution < 1.29 is 23.8 Å². The number of nitrogens with zero attached hydrogens (tertiary/aromatic N) is 2. The Kier molecular flexibility index (Phi) is 5.60. The van der Waals surface area contributed by atoms with Crippen LogP contribution in [0.1, 0.15) is 34.3 Å². The largest absolute Gasteiger partial charge is 0.422 e. The summed E-state index contributed by atoms with van der Waals surface area (Å²) in [6.07, 6.45) is 3.87. The highest BCUT2D eigenvalue weighted by molar-refractivity contribution is 6.00. The minimum Gasteiger partial charge on any atom is -0.422 e. The zero-order valence-electron chi connectivity index (χ0n) is 17.9. The highest BCUT2D eigenvalue weighted by atomic mass is 16.5. The van der Waals surface area contributed by atoms with E-state index in [0.717, 1.165) is 44.3 Å². The van der Waals surface area contributed by atoms with Gasteiger partial charge in [0, 0.05) is 42.8 Å². The predicted molar refractivity (Wildman–Crippen MR) is 117 cm³/mol. The molecule has 0 bridgehead atoms. The minimum atomic E-state index is -1.13. The number of hydrogen-bond acceptors (Lipinski definition) is 7. The Balaban J connectivity index is 1.45. The zero-order valence-corrected chi connectivity index (χ0v) is 17.9. The van der Waals surface area contributed by atoms with Crippen molar-refractivity contribution in [2.75, 3.05) is 50.9 Å². The van der Waals surface area contributed by atoms with Gasteiger partial charge in [0.25, 0.3) is 5.91 Å². The third-order valence-corrected chi connectivity index (χ3v) is 6.57. The molecule has 3 aliphatic rings. The molecule has 0 aliphatic carbocycles. The lowest BCUT2D eigenvalue weighted by molar-refractivity contribution is -0.138. The molecule has 0 radical (unpaired) electrons. The number of hydrogen-bond donors (Lipinski definition) is 2. The number of rotatable bonds is 4. The molecule has 1 aromatic carbocycles. The number of carbonyl (C=O) groups excluding carboxylic acids is 2. The lowest BCUT2D eigenvalue weighted by atomic mass is 9.90. The Labute approximate surface area is 184 Å². The Morgan fingerprint density at radius 2 is 1.84 bits per heavy atom. The highest BCUT2D eigenvalue weighted by Gasteiger charge is 2.30. The van der Waals surface area contributed by atoms with E-state index in [1.165, 1.54) is 16.2 Å². The Bertz CT molecular complexity index is 1120. The zero-order chi connectivity index (χ0) is 22.2. The van der Waals surface area contributed by atoms with Crippen molar-refractivity contribution in [3.05, 3.63) is 39.2 Å². The maximum absolute atomic E-state index is 12.9. The summed E-state index contributed by atoms with van der Waals surface area (Å²) in [5.74, 6) is -1.12. The van der Waals surface area contributed by atoms with Crippen LogP contribution in [0.3, 0.4) is 0 Å². The van der Waals surface area contributed by atoms with Crippen molar-refractivity contribution in [2.24, 2.45) is 0 Å². The first kappa shape index (κ1) is 21.0. The summed E-state index contributed by atoms with van der Waals surface area (Å²) in [4.78, 5) is 42.2. The highest BCUT2D eigenvalue weighted by Crippen LogP contribution is 2.39. The normalized spacial score (nSPS) is 18.9. The van der Waals surface area contributed by atoms with E-state index in [2.05, 4.69) is 10.2 Å². The van der Waals surface area contributed by atoms with Gasteiger partial charge in [0.05, 0.1) is 19.8 Å². The monoisotopic (exact) mass is 441 g/mol. The molecule has 5 rings (SSSR count). The molecule has 0 spiro atoms. The second-order valence-electron chi connectivity index (χ2n) is 8.57. The fraction of sp³-hybridized carbons (Fsp3) is 0.522. The first-order chi connectivity index (χ1) is 15.6. The van der Waals surface area contributed by atoms with Gasteiger partial charge >= 0.3 is 5.63 Å². The third-order valence-electron chi connectivity index (χ3n) is 6.57. The van der Waals surface area contributed by atoms with E-state index in [1.54, 1.807) is 6.07 Å². The number of aliphatic hydroxyl groups is 1. The quantitative estimate of drug-likeness (QED) is 0.662. The van der Waals surface area contributed by atoms with E-state index in [0.29, 0.717) is 37.3 Å². The Morgan fingerprint density at radius 3 is 2.59 bits per heavy atom. The van der Waals surface area contributed by atoms with Gasteiger partial charge in [-0.1, -0.05) is 0 Å². The van der Waals surface area contributed by atoms with E-state index in [1.807, 2.05) is 6.07 Å². The van der Waals surface area contributed by atoms with Gasteiger partial charge in [-0.3, -0.25) is 9.59 Å². The summed E-state index contributed by atoms with van der Waals surface area (Å²) >= 11 is 0. The van der Waals surface area contributed by atoms with E-state index in [-0.39, 0.29) is 5.56 Å². The molecule has 2 aromatic rings. The van der Waals surface area contributed by atoms with Crippen LogP contribution in [0.4, 0.5) is 5.69 Å². The topological polar surface area (TPSA) is 112 Å². The predicted octanol–water partition coefficient (Wildman–Crippen LogP) is 0.441. The fourth-order valence-corrected chi connectivity index (χ4v) is 5.03. The van der Waals surface area contributed by atoms with Gasteiger partial charge < -0.3 is 29.4 Å². The second-order valence-corrected chi connectivity index (χ2v) is 8.57. The molecule has 9 heteroatoms. The van der Waals surface area contributed by atoms with Crippen LogP contribution >= 0.6 is 0 Å². The van der Waals surface area contributed by atoms with Gasteiger partial charge in [-0.25, -0.2) is 4.79 Å². The van der Waals surface area contributed by atoms with Gasteiger partial charge in [0.15, 0.2) is 0 Å². The van der Waals surface area contributed by atoms with Crippen LogP contribution in [-0.2, 0) is 22.4 Å². The summed E-state index contributed by atoms with van der Waals surface area (Å²) in [5, 5.41) is 12.9. The van der Waals surface area contributed by atoms with Crippen molar-refractivity contribution in [1.82, 2.24) is 10.2 Å². The van der Waals surface area contributed by atoms with Crippen molar-refractivity contribution in [3.63, 3.8) is 0 Å². The average molecular weight is 441 g/mol. The number of morpholine rings is 1. The summed E-state index contributed by atoms with van der Waals surface area (Å²) in [5.41, 5.74) is 3.08. The van der Waals surface area contributed by atoms with Crippen LogP contribution in [0, 0.1) is 0 Å².